The van der Waals surface area contributed by atoms with Gasteiger partial charge in [-0.15, -0.1) is 0 Å². The van der Waals surface area contributed by atoms with E-state index in [0.717, 1.165) is 22.5 Å². The Kier molecular flexibility index (Phi) is 5.13. The molecule has 0 saturated carbocycles. The van der Waals surface area contributed by atoms with E-state index in [-0.39, 0.29) is 18.2 Å². The molecule has 1 aliphatic heterocycles. The Morgan fingerprint density at radius 1 is 0.964 bits per heavy atom. The van der Waals surface area contributed by atoms with E-state index in [1.165, 1.54) is 0 Å². The zero-order chi connectivity index (χ0) is 19.5. The number of hydrogen-bond donors (Lipinski definition) is 1. The SMILES string of the molecule is O=C(Nc1ccccc1-c1ccccc1)C1CC(=O)N(c2cccc(Cl)c2)C1. The highest BCUT2D eigenvalue weighted by Crippen LogP contribution is 2.30. The Morgan fingerprint density at radius 3 is 2.50 bits per heavy atom. The van der Waals surface area contributed by atoms with E-state index in [1.807, 2.05) is 60.7 Å². The van der Waals surface area contributed by atoms with Crippen LogP contribution >= 0.6 is 11.6 Å². The molecule has 2 amide bonds. The van der Waals surface area contributed by atoms with Crippen molar-refractivity contribution in [2.75, 3.05) is 16.8 Å². The largest absolute Gasteiger partial charge is 0.325 e. The summed E-state index contributed by atoms with van der Waals surface area (Å²) in [5, 5.41) is 3.58. The molecule has 3 aromatic carbocycles. The number of nitrogens with zero attached hydrogens (tertiary/aromatic N) is 1. The Bertz CT molecular complexity index is 1020. The molecule has 1 unspecified atom stereocenters. The molecule has 0 bridgehead atoms. The predicted octanol–water partition coefficient (Wildman–Crippen LogP) is 5.00. The molecule has 4 nitrogen and oxygen atoms in total. The Balaban J connectivity index is 1.52. The van der Waals surface area contributed by atoms with Crippen LogP contribution in [0.4, 0.5) is 11.4 Å². The average Bonchev–Trinajstić information content (AvgIpc) is 3.11. The fraction of sp³-hybridized carbons (Fsp3) is 0.130. The highest BCUT2D eigenvalue weighted by molar-refractivity contribution is 6.31. The lowest BCUT2D eigenvalue weighted by molar-refractivity contribution is -0.122. The van der Waals surface area contributed by atoms with Crippen LogP contribution in [0, 0.1) is 5.92 Å². The molecule has 1 fully saturated rings. The molecule has 140 valence electrons. The third-order valence-electron chi connectivity index (χ3n) is 4.89. The number of nitrogens with one attached hydrogen (secondary N) is 1. The standard InChI is InChI=1S/C23H19ClN2O2/c24-18-9-6-10-19(14-18)26-15-17(13-22(26)27)23(28)25-21-12-5-4-11-20(21)16-7-2-1-3-8-16/h1-12,14,17H,13,15H2,(H,25,28). The summed E-state index contributed by atoms with van der Waals surface area (Å²) in [6, 6.07) is 24.7. The van der Waals surface area contributed by atoms with Crippen molar-refractivity contribution in [2.45, 2.75) is 6.42 Å². The summed E-state index contributed by atoms with van der Waals surface area (Å²) < 4.78 is 0. The van der Waals surface area contributed by atoms with E-state index in [0.29, 0.717) is 11.6 Å². The molecule has 0 radical (unpaired) electrons. The number of anilines is 2. The molecule has 1 heterocycles. The van der Waals surface area contributed by atoms with Crippen molar-refractivity contribution in [3.8, 4) is 11.1 Å². The number of amides is 2. The second kappa shape index (κ2) is 7.87. The molecular formula is C23H19ClN2O2. The highest BCUT2D eigenvalue weighted by Gasteiger charge is 2.35. The van der Waals surface area contributed by atoms with Gasteiger partial charge < -0.3 is 10.2 Å². The maximum absolute atomic E-state index is 12.9. The van der Waals surface area contributed by atoms with Gasteiger partial charge in [-0.25, -0.2) is 0 Å². The maximum atomic E-state index is 12.9. The Hall–Kier alpha value is -3.11. The van der Waals surface area contributed by atoms with Gasteiger partial charge in [0.2, 0.25) is 11.8 Å². The molecule has 4 rings (SSSR count). The van der Waals surface area contributed by atoms with Crippen LogP contribution in [0.25, 0.3) is 11.1 Å². The summed E-state index contributed by atoms with van der Waals surface area (Å²) in [6.45, 7) is 0.346. The van der Waals surface area contributed by atoms with Crippen molar-refractivity contribution in [1.82, 2.24) is 0 Å². The first-order chi connectivity index (χ1) is 13.6. The smallest absolute Gasteiger partial charge is 0.229 e. The van der Waals surface area contributed by atoms with E-state index < -0.39 is 5.92 Å². The van der Waals surface area contributed by atoms with Crippen molar-refractivity contribution in [3.05, 3.63) is 83.9 Å². The van der Waals surface area contributed by atoms with Crippen molar-refractivity contribution in [1.29, 1.82) is 0 Å². The van der Waals surface area contributed by atoms with Gasteiger partial charge in [0.25, 0.3) is 0 Å². The Morgan fingerprint density at radius 2 is 1.71 bits per heavy atom. The predicted molar refractivity (Wildman–Crippen MR) is 112 cm³/mol. The van der Waals surface area contributed by atoms with Crippen LogP contribution in [0.5, 0.6) is 0 Å². The number of para-hydroxylation sites is 1. The van der Waals surface area contributed by atoms with Gasteiger partial charge in [0.15, 0.2) is 0 Å². The number of rotatable bonds is 4. The Labute approximate surface area is 168 Å². The minimum Gasteiger partial charge on any atom is -0.325 e. The van der Waals surface area contributed by atoms with Crippen LogP contribution in [-0.2, 0) is 9.59 Å². The minimum atomic E-state index is -0.407. The van der Waals surface area contributed by atoms with Crippen LogP contribution < -0.4 is 10.2 Å². The van der Waals surface area contributed by atoms with Crippen molar-refractivity contribution in [2.24, 2.45) is 5.92 Å². The van der Waals surface area contributed by atoms with Crippen molar-refractivity contribution >= 4 is 34.8 Å². The maximum Gasteiger partial charge on any atom is 0.229 e. The molecule has 1 atom stereocenters. The van der Waals surface area contributed by atoms with Gasteiger partial charge in [-0.1, -0.05) is 66.2 Å². The van der Waals surface area contributed by atoms with Crippen molar-refractivity contribution in [3.63, 3.8) is 0 Å². The van der Waals surface area contributed by atoms with Crippen LogP contribution in [0.2, 0.25) is 5.02 Å². The number of halogens is 1. The molecule has 0 aromatic heterocycles. The second-order valence-electron chi connectivity index (χ2n) is 6.79. The summed E-state index contributed by atoms with van der Waals surface area (Å²) in [5.74, 6) is -0.629. The van der Waals surface area contributed by atoms with Crippen LogP contribution in [0.1, 0.15) is 6.42 Å². The molecule has 28 heavy (non-hydrogen) atoms. The lowest BCUT2D eigenvalue weighted by Crippen LogP contribution is -2.28. The third kappa shape index (κ3) is 3.78. The molecule has 1 aliphatic rings. The highest BCUT2D eigenvalue weighted by atomic mass is 35.5. The summed E-state index contributed by atoms with van der Waals surface area (Å²) >= 11 is 6.04. The van der Waals surface area contributed by atoms with E-state index in [9.17, 15) is 9.59 Å². The lowest BCUT2D eigenvalue weighted by atomic mass is 10.0. The van der Waals surface area contributed by atoms with E-state index in [1.54, 1.807) is 23.1 Å². The summed E-state index contributed by atoms with van der Waals surface area (Å²) in [5.41, 5.74) is 3.44. The van der Waals surface area contributed by atoms with Crippen LogP contribution in [0.15, 0.2) is 78.9 Å². The minimum absolute atomic E-state index is 0.0706. The normalized spacial score (nSPS) is 16.2. The van der Waals surface area contributed by atoms with Gasteiger partial charge in [0, 0.05) is 34.9 Å². The molecule has 3 aromatic rings. The molecule has 1 N–H and O–H groups in total. The molecule has 0 spiro atoms. The fourth-order valence-electron chi connectivity index (χ4n) is 3.47. The first-order valence-electron chi connectivity index (χ1n) is 9.13. The monoisotopic (exact) mass is 390 g/mol. The first-order valence-corrected chi connectivity index (χ1v) is 9.51. The summed E-state index contributed by atoms with van der Waals surface area (Å²) in [6.07, 6.45) is 0.186. The van der Waals surface area contributed by atoms with Gasteiger partial charge in [0.05, 0.1) is 5.92 Å². The fourth-order valence-corrected chi connectivity index (χ4v) is 3.66. The number of carbonyl (C=O) groups excluding carboxylic acids is 2. The van der Waals surface area contributed by atoms with Crippen LogP contribution in [-0.4, -0.2) is 18.4 Å². The van der Waals surface area contributed by atoms with E-state index >= 15 is 0 Å². The number of carbonyl (C=O) groups is 2. The van der Waals surface area contributed by atoms with E-state index in [2.05, 4.69) is 5.32 Å². The number of benzene rings is 3. The average molecular weight is 391 g/mol. The third-order valence-corrected chi connectivity index (χ3v) is 5.12. The van der Waals surface area contributed by atoms with Gasteiger partial charge in [0.1, 0.15) is 0 Å². The summed E-state index contributed by atoms with van der Waals surface area (Å²) in [7, 11) is 0. The number of hydrogen-bond acceptors (Lipinski definition) is 2. The quantitative estimate of drug-likeness (QED) is 0.681. The lowest BCUT2D eigenvalue weighted by Gasteiger charge is -2.17. The molecule has 0 aliphatic carbocycles. The van der Waals surface area contributed by atoms with E-state index in [4.69, 9.17) is 11.6 Å². The molecule has 1 saturated heterocycles. The topological polar surface area (TPSA) is 49.4 Å². The van der Waals surface area contributed by atoms with Gasteiger partial charge in [-0.05, 0) is 29.8 Å². The zero-order valence-corrected chi connectivity index (χ0v) is 15.9. The summed E-state index contributed by atoms with van der Waals surface area (Å²) in [4.78, 5) is 26.9. The van der Waals surface area contributed by atoms with Gasteiger partial charge in [-0.2, -0.15) is 0 Å². The zero-order valence-electron chi connectivity index (χ0n) is 15.1. The first kappa shape index (κ1) is 18.3. The molecular weight excluding hydrogens is 372 g/mol. The van der Waals surface area contributed by atoms with Gasteiger partial charge in [-0.3, -0.25) is 9.59 Å². The second-order valence-corrected chi connectivity index (χ2v) is 7.22. The molecule has 5 heteroatoms. The van der Waals surface area contributed by atoms with Gasteiger partial charge >= 0.3 is 0 Å². The van der Waals surface area contributed by atoms with Crippen molar-refractivity contribution < 1.29 is 9.59 Å². The van der Waals surface area contributed by atoms with Crippen LogP contribution in [0.3, 0.4) is 0 Å².